The third-order valence-electron chi connectivity index (χ3n) is 2.39. The average Bonchev–Trinajstić information content (AvgIpc) is 2.60. The summed E-state index contributed by atoms with van der Waals surface area (Å²) >= 11 is 1.39. The van der Waals surface area contributed by atoms with E-state index in [1.165, 1.54) is 11.5 Å². The zero-order valence-corrected chi connectivity index (χ0v) is 10.1. The molecular weight excluding hydrogens is 220 g/mol. The van der Waals surface area contributed by atoms with Crippen LogP contribution >= 0.6 is 11.5 Å². The van der Waals surface area contributed by atoms with E-state index in [1.807, 2.05) is 26.1 Å². The Morgan fingerprint density at radius 1 is 1.38 bits per heavy atom. The molecule has 16 heavy (non-hydrogen) atoms. The Bertz CT molecular complexity index is 475. The van der Waals surface area contributed by atoms with Crippen molar-refractivity contribution in [1.82, 2.24) is 9.36 Å². The smallest absolute Gasteiger partial charge is 0.142 e. The van der Waals surface area contributed by atoms with Gasteiger partial charge in [0.15, 0.2) is 0 Å². The van der Waals surface area contributed by atoms with Gasteiger partial charge in [0.05, 0.1) is 0 Å². The van der Waals surface area contributed by atoms with E-state index in [-0.39, 0.29) is 0 Å². The van der Waals surface area contributed by atoms with Crippen molar-refractivity contribution in [3.63, 3.8) is 0 Å². The van der Waals surface area contributed by atoms with Crippen LogP contribution < -0.4 is 11.1 Å². The lowest BCUT2D eigenvalue weighted by molar-refractivity contribution is 1.09. The SMILES string of the molecule is Cc1ccc(CNc2snc(N)c2C)cn1. The molecule has 0 bridgehead atoms. The van der Waals surface area contributed by atoms with Crippen molar-refractivity contribution in [3.05, 3.63) is 35.2 Å². The first kappa shape index (κ1) is 10.9. The van der Waals surface area contributed by atoms with Crippen molar-refractivity contribution < 1.29 is 0 Å². The second-order valence-corrected chi connectivity index (χ2v) is 4.46. The fourth-order valence-corrected chi connectivity index (χ4v) is 2.00. The molecule has 0 aliphatic carbocycles. The maximum atomic E-state index is 5.68. The third kappa shape index (κ3) is 2.30. The van der Waals surface area contributed by atoms with Crippen molar-refractivity contribution in [2.45, 2.75) is 20.4 Å². The second-order valence-electron chi connectivity index (χ2n) is 3.68. The molecule has 0 amide bonds. The molecule has 0 saturated heterocycles. The predicted molar refractivity (Wildman–Crippen MR) is 67.6 cm³/mol. The number of nitrogens with zero attached hydrogens (tertiary/aromatic N) is 2. The molecule has 2 heterocycles. The van der Waals surface area contributed by atoms with Crippen LogP contribution in [0.5, 0.6) is 0 Å². The van der Waals surface area contributed by atoms with Crippen LogP contribution in [-0.4, -0.2) is 9.36 Å². The van der Waals surface area contributed by atoms with Crippen LogP contribution in [0.2, 0.25) is 0 Å². The zero-order chi connectivity index (χ0) is 11.5. The molecule has 0 fully saturated rings. The highest BCUT2D eigenvalue weighted by Gasteiger charge is 2.05. The van der Waals surface area contributed by atoms with Crippen LogP contribution in [0.15, 0.2) is 18.3 Å². The molecule has 0 aliphatic rings. The first-order valence-electron chi connectivity index (χ1n) is 5.04. The lowest BCUT2D eigenvalue weighted by Crippen LogP contribution is -2.00. The molecule has 0 radical (unpaired) electrons. The van der Waals surface area contributed by atoms with Crippen LogP contribution in [0.1, 0.15) is 16.8 Å². The minimum absolute atomic E-state index is 0.606. The minimum Gasteiger partial charge on any atom is -0.383 e. The summed E-state index contributed by atoms with van der Waals surface area (Å²) in [6.07, 6.45) is 1.88. The Labute approximate surface area is 98.7 Å². The summed E-state index contributed by atoms with van der Waals surface area (Å²) < 4.78 is 4.08. The summed E-state index contributed by atoms with van der Waals surface area (Å²) in [5.41, 5.74) is 8.87. The summed E-state index contributed by atoms with van der Waals surface area (Å²) in [7, 11) is 0. The van der Waals surface area contributed by atoms with Crippen LogP contribution in [0.3, 0.4) is 0 Å². The van der Waals surface area contributed by atoms with Crippen molar-refractivity contribution >= 4 is 22.4 Å². The molecule has 0 atom stereocenters. The number of aromatic nitrogens is 2. The van der Waals surface area contributed by atoms with Crippen molar-refractivity contribution in [2.75, 3.05) is 11.1 Å². The summed E-state index contributed by atoms with van der Waals surface area (Å²) in [5.74, 6) is 0.606. The standard InChI is InChI=1S/C11H14N4S/c1-7-3-4-9(5-13-7)6-14-11-8(2)10(12)15-16-11/h3-5,14H,6H2,1-2H3,(H2,12,15). The van der Waals surface area contributed by atoms with Gasteiger partial charge in [-0.3, -0.25) is 4.98 Å². The number of hydrogen-bond donors (Lipinski definition) is 2. The fourth-order valence-electron chi connectivity index (χ4n) is 1.30. The first-order chi connectivity index (χ1) is 7.66. The highest BCUT2D eigenvalue weighted by molar-refractivity contribution is 7.10. The molecule has 0 spiro atoms. The summed E-state index contributed by atoms with van der Waals surface area (Å²) in [5, 5.41) is 4.33. The molecule has 0 aromatic carbocycles. The van der Waals surface area contributed by atoms with Gasteiger partial charge in [0.25, 0.3) is 0 Å². The quantitative estimate of drug-likeness (QED) is 0.855. The molecule has 5 heteroatoms. The maximum Gasteiger partial charge on any atom is 0.142 e. The van der Waals surface area contributed by atoms with Gasteiger partial charge in [0, 0.05) is 24.0 Å². The Morgan fingerprint density at radius 3 is 2.75 bits per heavy atom. The van der Waals surface area contributed by atoms with E-state index in [0.717, 1.165) is 28.4 Å². The van der Waals surface area contributed by atoms with E-state index < -0.39 is 0 Å². The Morgan fingerprint density at radius 2 is 2.19 bits per heavy atom. The van der Waals surface area contributed by atoms with Crippen LogP contribution in [-0.2, 0) is 6.54 Å². The van der Waals surface area contributed by atoms with E-state index in [1.54, 1.807) is 0 Å². The molecule has 0 saturated carbocycles. The normalized spacial score (nSPS) is 10.4. The number of anilines is 2. The number of nitrogens with two attached hydrogens (primary N) is 1. The van der Waals surface area contributed by atoms with Gasteiger partial charge in [-0.05, 0) is 37.0 Å². The van der Waals surface area contributed by atoms with Crippen molar-refractivity contribution in [3.8, 4) is 0 Å². The van der Waals surface area contributed by atoms with Crippen LogP contribution in [0.25, 0.3) is 0 Å². The Balaban J connectivity index is 2.02. The first-order valence-corrected chi connectivity index (χ1v) is 5.81. The van der Waals surface area contributed by atoms with Gasteiger partial charge in [0.1, 0.15) is 10.8 Å². The molecular formula is C11H14N4S. The number of rotatable bonds is 3. The molecule has 84 valence electrons. The summed E-state index contributed by atoms with van der Waals surface area (Å²) in [6, 6.07) is 4.07. The third-order valence-corrected chi connectivity index (χ3v) is 3.31. The molecule has 2 aromatic rings. The van der Waals surface area contributed by atoms with Gasteiger partial charge in [-0.2, -0.15) is 4.37 Å². The van der Waals surface area contributed by atoms with Gasteiger partial charge in [-0.15, -0.1) is 0 Å². The summed E-state index contributed by atoms with van der Waals surface area (Å²) in [4.78, 5) is 4.24. The molecule has 2 aromatic heterocycles. The van der Waals surface area contributed by atoms with Crippen LogP contribution in [0.4, 0.5) is 10.8 Å². The number of hydrogen-bond acceptors (Lipinski definition) is 5. The number of nitrogen functional groups attached to an aromatic ring is 1. The van der Waals surface area contributed by atoms with E-state index in [4.69, 9.17) is 5.73 Å². The van der Waals surface area contributed by atoms with Gasteiger partial charge in [-0.25, -0.2) is 0 Å². The molecule has 2 rings (SSSR count). The van der Waals surface area contributed by atoms with E-state index in [9.17, 15) is 0 Å². The zero-order valence-electron chi connectivity index (χ0n) is 9.32. The number of pyridine rings is 1. The van der Waals surface area contributed by atoms with E-state index in [0.29, 0.717) is 5.82 Å². The minimum atomic E-state index is 0.606. The highest BCUT2D eigenvalue weighted by atomic mass is 32.1. The fraction of sp³-hybridized carbons (Fsp3) is 0.273. The summed E-state index contributed by atoms with van der Waals surface area (Å²) in [6.45, 7) is 4.69. The topological polar surface area (TPSA) is 63.8 Å². The van der Waals surface area contributed by atoms with Gasteiger partial charge >= 0.3 is 0 Å². The second kappa shape index (κ2) is 4.49. The predicted octanol–water partition coefficient (Wildman–Crippen LogP) is 2.35. The van der Waals surface area contributed by atoms with Crippen molar-refractivity contribution in [2.24, 2.45) is 0 Å². The van der Waals surface area contributed by atoms with E-state index in [2.05, 4.69) is 20.7 Å². The number of aryl methyl sites for hydroxylation is 1. The molecule has 0 unspecified atom stereocenters. The largest absolute Gasteiger partial charge is 0.383 e. The molecule has 0 aliphatic heterocycles. The van der Waals surface area contributed by atoms with Gasteiger partial charge in [0.2, 0.25) is 0 Å². The molecule has 3 N–H and O–H groups in total. The lowest BCUT2D eigenvalue weighted by Gasteiger charge is -2.04. The van der Waals surface area contributed by atoms with Gasteiger partial charge in [-0.1, -0.05) is 6.07 Å². The van der Waals surface area contributed by atoms with Crippen LogP contribution in [0, 0.1) is 13.8 Å². The van der Waals surface area contributed by atoms with Gasteiger partial charge < -0.3 is 11.1 Å². The highest BCUT2D eigenvalue weighted by Crippen LogP contribution is 2.25. The lowest BCUT2D eigenvalue weighted by atomic mass is 10.2. The Kier molecular flexibility index (Phi) is 3.05. The Hall–Kier alpha value is -1.62. The number of nitrogens with one attached hydrogen (secondary N) is 1. The maximum absolute atomic E-state index is 5.68. The average molecular weight is 234 g/mol. The molecule has 4 nitrogen and oxygen atoms in total. The van der Waals surface area contributed by atoms with E-state index >= 15 is 0 Å². The van der Waals surface area contributed by atoms with Crippen molar-refractivity contribution in [1.29, 1.82) is 0 Å². The monoisotopic (exact) mass is 234 g/mol.